The normalized spacial score (nSPS) is 20.5. The lowest BCUT2D eigenvalue weighted by Crippen LogP contribution is -2.32. The Labute approximate surface area is 165 Å². The molecule has 1 saturated heterocycles. The summed E-state index contributed by atoms with van der Waals surface area (Å²) in [6, 6.07) is 5.99. The van der Waals surface area contributed by atoms with Crippen molar-refractivity contribution in [2.45, 2.75) is 19.9 Å². The van der Waals surface area contributed by atoms with Crippen molar-refractivity contribution in [2.75, 3.05) is 33.1 Å². The largest absolute Gasteiger partial charge is 0.453 e. The van der Waals surface area contributed by atoms with Crippen LogP contribution >= 0.6 is 0 Å². The van der Waals surface area contributed by atoms with Crippen LogP contribution < -0.4 is 0 Å². The molecule has 1 aliphatic heterocycles. The highest BCUT2D eigenvalue weighted by atomic mass is 32.2. The van der Waals surface area contributed by atoms with Gasteiger partial charge in [-0.05, 0) is 26.0 Å². The van der Waals surface area contributed by atoms with Crippen molar-refractivity contribution in [2.24, 2.45) is 5.92 Å². The van der Waals surface area contributed by atoms with Crippen LogP contribution in [0.25, 0.3) is 22.6 Å². The van der Waals surface area contributed by atoms with E-state index in [0.29, 0.717) is 24.8 Å². The minimum absolute atomic E-state index is 0.0423. The third-order valence-electron chi connectivity index (χ3n) is 5.47. The second kappa shape index (κ2) is 7.02. The maximum Gasteiger partial charge on any atom is 0.214 e. The predicted molar refractivity (Wildman–Crippen MR) is 108 cm³/mol. The van der Waals surface area contributed by atoms with Crippen LogP contribution in [0.15, 0.2) is 35.0 Å². The maximum absolute atomic E-state index is 12.4. The average Bonchev–Trinajstić information content (AvgIpc) is 3.34. The summed E-state index contributed by atoms with van der Waals surface area (Å²) < 4.78 is 39.8. The number of rotatable bonds is 5. The molecule has 0 unspecified atom stereocenters. The molecule has 1 fully saturated rings. The monoisotopic (exact) mass is 403 g/mol. The second-order valence-electron chi connectivity index (χ2n) is 7.64. The van der Waals surface area contributed by atoms with E-state index in [1.54, 1.807) is 20.3 Å². The summed E-state index contributed by atoms with van der Waals surface area (Å²) in [6.07, 6.45) is 3.60. The first-order valence-electron chi connectivity index (χ1n) is 9.29. The number of furan rings is 1. The molecule has 3 aromatic rings. The summed E-state index contributed by atoms with van der Waals surface area (Å²) >= 11 is 0. The van der Waals surface area contributed by atoms with Gasteiger partial charge in [-0.25, -0.2) is 17.7 Å². The molecule has 150 valence electrons. The summed E-state index contributed by atoms with van der Waals surface area (Å²) in [7, 11) is -0.204. The summed E-state index contributed by atoms with van der Waals surface area (Å²) in [5.41, 5.74) is 3.02. The Morgan fingerprint density at radius 1 is 1.25 bits per heavy atom. The maximum atomic E-state index is 12.4. The number of sulfonamides is 1. The van der Waals surface area contributed by atoms with Gasteiger partial charge in [0, 0.05) is 43.4 Å². The third kappa shape index (κ3) is 3.25. The zero-order valence-electron chi connectivity index (χ0n) is 16.5. The molecule has 0 amide bonds. The van der Waals surface area contributed by atoms with Crippen molar-refractivity contribution in [3.63, 3.8) is 0 Å². The molecule has 0 aliphatic carbocycles. The van der Waals surface area contributed by atoms with Crippen LogP contribution in [0.4, 0.5) is 0 Å². The van der Waals surface area contributed by atoms with Gasteiger partial charge in [0.25, 0.3) is 0 Å². The van der Waals surface area contributed by atoms with Gasteiger partial charge in [-0.2, -0.15) is 0 Å². The van der Waals surface area contributed by atoms with Crippen molar-refractivity contribution in [3.05, 3.63) is 41.7 Å². The third-order valence-corrected chi connectivity index (χ3v) is 7.43. The number of ether oxygens (including phenoxy) is 1. The molecule has 1 aliphatic rings. The Kier molecular flexibility index (Phi) is 4.81. The number of aryl methyl sites for hydroxylation is 2. The summed E-state index contributed by atoms with van der Waals surface area (Å²) in [4.78, 5) is 4.53. The Hall–Kier alpha value is -2.16. The van der Waals surface area contributed by atoms with Gasteiger partial charge >= 0.3 is 0 Å². The van der Waals surface area contributed by atoms with Gasteiger partial charge in [-0.1, -0.05) is 11.6 Å². The predicted octanol–water partition coefficient (Wildman–Crippen LogP) is 2.99. The van der Waals surface area contributed by atoms with Crippen molar-refractivity contribution < 1.29 is 17.6 Å². The van der Waals surface area contributed by atoms with Gasteiger partial charge in [-0.15, -0.1) is 0 Å². The highest BCUT2D eigenvalue weighted by Gasteiger charge is 2.36. The molecule has 0 radical (unpaired) electrons. The van der Waals surface area contributed by atoms with Crippen LogP contribution in [0.1, 0.15) is 17.2 Å². The van der Waals surface area contributed by atoms with Crippen molar-refractivity contribution >= 4 is 21.0 Å². The second-order valence-corrected chi connectivity index (χ2v) is 9.87. The van der Waals surface area contributed by atoms with E-state index in [1.807, 2.05) is 29.8 Å². The molecule has 7 nitrogen and oxygen atoms in total. The molecule has 0 N–H and O–H groups in total. The summed E-state index contributed by atoms with van der Waals surface area (Å²) in [5, 5.41) is 1.07. The summed E-state index contributed by atoms with van der Waals surface area (Å²) in [5.74, 6) is 1.31. The highest BCUT2D eigenvalue weighted by Crippen LogP contribution is 2.36. The van der Waals surface area contributed by atoms with E-state index >= 15 is 0 Å². The van der Waals surface area contributed by atoms with Crippen molar-refractivity contribution in [1.82, 2.24) is 13.9 Å². The Balaban J connectivity index is 1.73. The van der Waals surface area contributed by atoms with Gasteiger partial charge in [0.2, 0.25) is 10.0 Å². The molecule has 8 heteroatoms. The Morgan fingerprint density at radius 2 is 2.04 bits per heavy atom. The smallest absolute Gasteiger partial charge is 0.214 e. The zero-order valence-corrected chi connectivity index (χ0v) is 17.4. The first-order valence-corrected chi connectivity index (χ1v) is 10.9. The minimum Gasteiger partial charge on any atom is -0.453 e. The van der Waals surface area contributed by atoms with Gasteiger partial charge in [0.05, 0.1) is 25.0 Å². The Bertz CT molecular complexity index is 1110. The minimum atomic E-state index is -3.32. The van der Waals surface area contributed by atoms with E-state index in [0.717, 1.165) is 16.5 Å². The van der Waals surface area contributed by atoms with E-state index in [1.165, 1.54) is 9.87 Å². The van der Waals surface area contributed by atoms with E-state index in [9.17, 15) is 8.42 Å². The molecule has 28 heavy (non-hydrogen) atoms. The van der Waals surface area contributed by atoms with Gasteiger partial charge < -0.3 is 13.7 Å². The zero-order chi connectivity index (χ0) is 20.1. The lowest BCUT2D eigenvalue weighted by molar-refractivity contribution is 0.182. The SMILES string of the molecule is Cc1ccc2oc(-c3nccn3[C@@H]3COC[C@H]3CS(=O)(=O)N(C)C)c(C)c2c1. The molecule has 0 saturated carbocycles. The van der Waals surface area contributed by atoms with E-state index in [4.69, 9.17) is 9.15 Å². The highest BCUT2D eigenvalue weighted by molar-refractivity contribution is 7.89. The van der Waals surface area contributed by atoms with Crippen LogP contribution in [0.3, 0.4) is 0 Å². The lowest BCUT2D eigenvalue weighted by Gasteiger charge is -2.22. The van der Waals surface area contributed by atoms with Crippen molar-refractivity contribution in [1.29, 1.82) is 0 Å². The fourth-order valence-electron chi connectivity index (χ4n) is 3.78. The number of hydrogen-bond donors (Lipinski definition) is 0. The molecular formula is C20H25N3O4S. The fourth-order valence-corrected chi connectivity index (χ4v) is 4.94. The molecule has 2 atom stereocenters. The number of fused-ring (bicyclic) bond motifs is 1. The number of aromatic nitrogens is 2. The standard InChI is InChI=1S/C20H25N3O4S/c1-13-5-6-18-16(9-13)14(2)19(27-18)20-21-7-8-23(20)17-11-26-10-15(17)12-28(24,25)22(3)4/h5-9,15,17H,10-12H2,1-4H3/t15-,17+/m0/s1. The molecular weight excluding hydrogens is 378 g/mol. The van der Waals surface area contributed by atoms with Gasteiger partial charge in [-0.3, -0.25) is 0 Å². The molecule has 2 aromatic heterocycles. The fraction of sp³-hybridized carbons (Fsp3) is 0.450. The van der Waals surface area contributed by atoms with E-state index < -0.39 is 10.0 Å². The molecule has 0 bridgehead atoms. The van der Waals surface area contributed by atoms with Crippen LogP contribution in [-0.4, -0.2) is 55.3 Å². The lowest BCUT2D eigenvalue weighted by atomic mass is 10.1. The molecule has 3 heterocycles. The van der Waals surface area contributed by atoms with Crippen LogP contribution in [0, 0.1) is 19.8 Å². The number of nitrogens with zero attached hydrogens (tertiary/aromatic N) is 3. The van der Waals surface area contributed by atoms with Crippen LogP contribution in [0.5, 0.6) is 0 Å². The van der Waals surface area contributed by atoms with Gasteiger partial charge in [0.1, 0.15) is 5.58 Å². The quantitative estimate of drug-likeness (QED) is 0.654. The number of benzene rings is 1. The van der Waals surface area contributed by atoms with E-state index in [2.05, 4.69) is 18.0 Å². The van der Waals surface area contributed by atoms with Crippen molar-refractivity contribution in [3.8, 4) is 11.6 Å². The van der Waals surface area contributed by atoms with Gasteiger partial charge in [0.15, 0.2) is 11.6 Å². The average molecular weight is 404 g/mol. The first kappa shape index (κ1) is 19.2. The number of hydrogen-bond acceptors (Lipinski definition) is 5. The van der Waals surface area contributed by atoms with Crippen LogP contribution in [0.2, 0.25) is 0 Å². The summed E-state index contributed by atoms with van der Waals surface area (Å²) in [6.45, 7) is 4.94. The Morgan fingerprint density at radius 3 is 2.79 bits per heavy atom. The first-order chi connectivity index (χ1) is 13.3. The molecule has 0 spiro atoms. The topological polar surface area (TPSA) is 77.6 Å². The van der Waals surface area contributed by atoms with E-state index in [-0.39, 0.29) is 17.7 Å². The molecule has 1 aromatic carbocycles. The van der Waals surface area contributed by atoms with Crippen LogP contribution in [-0.2, 0) is 14.8 Å². The number of imidazole rings is 1. The molecule has 4 rings (SSSR count).